The minimum absolute atomic E-state index is 0.0297. The van der Waals surface area contributed by atoms with Crippen molar-refractivity contribution in [3.8, 4) is 11.4 Å². The number of fused-ring (bicyclic) bond motifs is 3. The fourth-order valence-corrected chi connectivity index (χ4v) is 4.05. The lowest BCUT2D eigenvalue weighted by Crippen LogP contribution is -2.51. The van der Waals surface area contributed by atoms with Gasteiger partial charge in [-0.05, 0) is 18.6 Å². The Morgan fingerprint density at radius 1 is 1.28 bits per heavy atom. The Morgan fingerprint density at radius 2 is 2.04 bits per heavy atom. The Hall–Kier alpha value is -2.37. The van der Waals surface area contributed by atoms with Gasteiger partial charge in [0.25, 0.3) is 0 Å². The molecule has 1 spiro atoms. The minimum Gasteiger partial charge on any atom is -0.484 e. The number of para-hydroxylation sites is 2. The van der Waals surface area contributed by atoms with Gasteiger partial charge in [0.1, 0.15) is 23.3 Å². The molecule has 1 saturated carbocycles. The van der Waals surface area contributed by atoms with Crippen LogP contribution in [0, 0.1) is 5.92 Å². The number of hydrogen-bond donors (Lipinski definition) is 0. The van der Waals surface area contributed by atoms with Crippen molar-refractivity contribution in [2.24, 2.45) is 5.92 Å². The number of amides is 1. The first kappa shape index (κ1) is 14.9. The third-order valence-electron chi connectivity index (χ3n) is 5.67. The lowest BCUT2D eigenvalue weighted by atomic mass is 9.87. The lowest BCUT2D eigenvalue weighted by Gasteiger charge is -2.41. The highest BCUT2D eigenvalue weighted by molar-refractivity contribution is 5.82. The van der Waals surface area contributed by atoms with Crippen LogP contribution in [0.5, 0.6) is 5.75 Å². The summed E-state index contributed by atoms with van der Waals surface area (Å²) in [5.74, 6) is 1.40. The van der Waals surface area contributed by atoms with E-state index < -0.39 is 12.1 Å². The average molecular weight is 341 g/mol. The van der Waals surface area contributed by atoms with E-state index in [0.29, 0.717) is 25.9 Å². The van der Waals surface area contributed by atoms with Crippen LogP contribution in [0.25, 0.3) is 5.69 Å². The van der Waals surface area contributed by atoms with Gasteiger partial charge in [-0.2, -0.15) is 0 Å². The number of likely N-dealkylation sites (tertiary alicyclic amines) is 1. The van der Waals surface area contributed by atoms with Crippen LogP contribution in [-0.4, -0.2) is 45.2 Å². The Bertz CT molecular complexity index is 826. The highest BCUT2D eigenvalue weighted by Gasteiger charge is 2.48. The van der Waals surface area contributed by atoms with Crippen LogP contribution < -0.4 is 4.74 Å². The van der Waals surface area contributed by atoms with Crippen molar-refractivity contribution in [2.45, 2.75) is 37.5 Å². The summed E-state index contributed by atoms with van der Waals surface area (Å²) in [4.78, 5) is 18.6. The maximum Gasteiger partial charge on any atom is 0.228 e. The summed E-state index contributed by atoms with van der Waals surface area (Å²) in [7, 11) is 0. The molecule has 6 heteroatoms. The lowest BCUT2D eigenvalue weighted by molar-refractivity contribution is -0.136. The molecule has 2 aliphatic heterocycles. The predicted octanol–water partition coefficient (Wildman–Crippen LogP) is 2.53. The largest absolute Gasteiger partial charge is 0.484 e. The van der Waals surface area contributed by atoms with E-state index in [4.69, 9.17) is 4.74 Å². The molecule has 5 rings (SSSR count). The number of rotatable bonds is 1. The van der Waals surface area contributed by atoms with Gasteiger partial charge in [-0.25, -0.2) is 9.37 Å². The van der Waals surface area contributed by atoms with Gasteiger partial charge in [-0.1, -0.05) is 12.1 Å². The number of hydrogen-bond acceptors (Lipinski definition) is 3. The number of piperidine rings is 1. The molecule has 1 saturated heterocycles. The summed E-state index contributed by atoms with van der Waals surface area (Å²) >= 11 is 0. The highest BCUT2D eigenvalue weighted by atomic mass is 19.1. The third-order valence-corrected chi connectivity index (χ3v) is 5.67. The number of carbonyl (C=O) groups excluding carboxylic acids is 1. The molecule has 2 fully saturated rings. The van der Waals surface area contributed by atoms with Gasteiger partial charge in [0.2, 0.25) is 5.91 Å². The van der Waals surface area contributed by atoms with Crippen LogP contribution in [0.15, 0.2) is 36.7 Å². The molecule has 5 nitrogen and oxygen atoms in total. The van der Waals surface area contributed by atoms with E-state index in [0.717, 1.165) is 30.1 Å². The van der Waals surface area contributed by atoms with Crippen LogP contribution in [0.4, 0.5) is 4.39 Å². The van der Waals surface area contributed by atoms with Crippen molar-refractivity contribution in [1.29, 1.82) is 0 Å². The van der Waals surface area contributed by atoms with Crippen LogP contribution in [-0.2, 0) is 11.2 Å². The molecule has 1 aromatic heterocycles. The van der Waals surface area contributed by atoms with Gasteiger partial charge >= 0.3 is 0 Å². The molecule has 3 aliphatic rings. The third kappa shape index (κ3) is 2.42. The van der Waals surface area contributed by atoms with E-state index in [1.54, 1.807) is 0 Å². The predicted molar refractivity (Wildman–Crippen MR) is 89.4 cm³/mol. The number of halogens is 1. The minimum atomic E-state index is -0.933. The van der Waals surface area contributed by atoms with E-state index in [2.05, 4.69) is 9.55 Å². The van der Waals surface area contributed by atoms with Crippen LogP contribution >= 0.6 is 0 Å². The Labute approximate surface area is 145 Å². The standard InChI is InChI=1S/C19H20FN3O2/c20-14-11-13(14)18(24)22-8-5-19(6-9-22)12-17-21-7-10-23(17)15-3-1-2-4-16(15)25-19/h1-4,7,10,13-14H,5-6,8-9,11-12H2/t13-,14-/m1/s1. The van der Waals surface area contributed by atoms with E-state index in [9.17, 15) is 9.18 Å². The molecule has 2 atom stereocenters. The normalized spacial score (nSPS) is 26.4. The maximum absolute atomic E-state index is 13.2. The molecule has 25 heavy (non-hydrogen) atoms. The van der Waals surface area contributed by atoms with Gasteiger partial charge in [0, 0.05) is 44.7 Å². The van der Waals surface area contributed by atoms with Crippen LogP contribution in [0.1, 0.15) is 25.1 Å². The molecule has 1 amide bonds. The molecular formula is C19H20FN3O2. The van der Waals surface area contributed by atoms with Gasteiger partial charge < -0.3 is 14.2 Å². The second-order valence-electron chi connectivity index (χ2n) is 7.33. The van der Waals surface area contributed by atoms with E-state index in [1.807, 2.05) is 41.6 Å². The molecule has 130 valence electrons. The van der Waals surface area contributed by atoms with Gasteiger partial charge in [-0.3, -0.25) is 4.79 Å². The zero-order valence-electron chi connectivity index (χ0n) is 13.9. The van der Waals surface area contributed by atoms with E-state index in [1.165, 1.54) is 0 Å². The number of ether oxygens (including phenoxy) is 1. The van der Waals surface area contributed by atoms with Crippen molar-refractivity contribution < 1.29 is 13.9 Å². The maximum atomic E-state index is 13.2. The average Bonchev–Trinajstić information content (AvgIpc) is 3.22. The summed E-state index contributed by atoms with van der Waals surface area (Å²) < 4.78 is 21.8. The zero-order valence-corrected chi connectivity index (χ0v) is 13.9. The second kappa shape index (κ2) is 5.31. The van der Waals surface area contributed by atoms with Gasteiger partial charge in [0.15, 0.2) is 0 Å². The van der Waals surface area contributed by atoms with Gasteiger partial charge in [0.05, 0.1) is 11.6 Å². The van der Waals surface area contributed by atoms with Crippen LogP contribution in [0.2, 0.25) is 0 Å². The first-order valence-corrected chi connectivity index (χ1v) is 8.89. The fraction of sp³-hybridized carbons (Fsp3) is 0.474. The fourth-order valence-electron chi connectivity index (χ4n) is 4.05. The Balaban J connectivity index is 1.41. The number of nitrogens with zero attached hydrogens (tertiary/aromatic N) is 3. The summed E-state index contributed by atoms with van der Waals surface area (Å²) in [5.41, 5.74) is 0.647. The van der Waals surface area contributed by atoms with Crippen molar-refractivity contribution in [3.05, 3.63) is 42.5 Å². The van der Waals surface area contributed by atoms with Crippen molar-refractivity contribution in [1.82, 2.24) is 14.5 Å². The quantitative estimate of drug-likeness (QED) is 0.801. The van der Waals surface area contributed by atoms with E-state index >= 15 is 0 Å². The summed E-state index contributed by atoms with van der Waals surface area (Å²) in [6, 6.07) is 7.99. The second-order valence-corrected chi connectivity index (χ2v) is 7.33. The molecule has 0 bridgehead atoms. The SMILES string of the molecule is O=C([C@@H]1C[C@H]1F)N1CCC2(CC1)Cc1nccn1-c1ccccc1O2. The summed E-state index contributed by atoms with van der Waals surface area (Å²) in [6.07, 6.45) is 5.43. The van der Waals surface area contributed by atoms with Crippen LogP contribution in [0.3, 0.4) is 0 Å². The van der Waals surface area contributed by atoms with E-state index in [-0.39, 0.29) is 11.5 Å². The zero-order chi connectivity index (χ0) is 17.0. The number of carbonyl (C=O) groups is 1. The molecule has 0 radical (unpaired) electrons. The molecule has 1 aliphatic carbocycles. The molecule has 2 aromatic rings. The number of benzene rings is 1. The van der Waals surface area contributed by atoms with Crippen molar-refractivity contribution in [3.63, 3.8) is 0 Å². The smallest absolute Gasteiger partial charge is 0.228 e. The first-order valence-electron chi connectivity index (χ1n) is 8.89. The highest BCUT2D eigenvalue weighted by Crippen LogP contribution is 2.40. The van der Waals surface area contributed by atoms with Gasteiger partial charge in [-0.15, -0.1) is 0 Å². The number of alkyl halides is 1. The summed E-state index contributed by atoms with van der Waals surface area (Å²) in [5, 5.41) is 0. The first-order chi connectivity index (χ1) is 12.2. The molecular weight excluding hydrogens is 321 g/mol. The molecule has 1 aromatic carbocycles. The molecule has 0 unspecified atom stereocenters. The van der Waals surface area contributed by atoms with Crippen molar-refractivity contribution in [2.75, 3.05) is 13.1 Å². The van der Waals surface area contributed by atoms with Crippen molar-refractivity contribution >= 4 is 5.91 Å². The molecule has 0 N–H and O–H groups in total. The topological polar surface area (TPSA) is 47.4 Å². The number of imidazole rings is 1. The Kier molecular flexibility index (Phi) is 3.17. The Morgan fingerprint density at radius 3 is 2.80 bits per heavy atom. The summed E-state index contributed by atoms with van der Waals surface area (Å²) in [6.45, 7) is 1.23. The molecule has 3 heterocycles. The number of aromatic nitrogens is 2. The monoisotopic (exact) mass is 341 g/mol.